The molecule has 3 nitrogen and oxygen atoms in total. The highest BCUT2D eigenvalue weighted by Gasteiger charge is 2.23. The fourth-order valence-corrected chi connectivity index (χ4v) is 2.57. The lowest BCUT2D eigenvalue weighted by Gasteiger charge is -2.18. The molecule has 0 amide bonds. The molecule has 1 N–H and O–H groups in total. The van der Waals surface area contributed by atoms with Crippen molar-refractivity contribution in [2.24, 2.45) is 5.92 Å². The predicted molar refractivity (Wildman–Crippen MR) is 71.3 cm³/mol. The maximum Gasteiger partial charge on any atom is 0.0494 e. The van der Waals surface area contributed by atoms with Crippen LogP contribution in [0.3, 0.4) is 0 Å². The molecular weight excluding hydrogens is 212 g/mol. The highest BCUT2D eigenvalue weighted by Crippen LogP contribution is 2.28. The van der Waals surface area contributed by atoms with Crippen molar-refractivity contribution in [1.29, 1.82) is 0 Å². The second-order valence-electron chi connectivity index (χ2n) is 5.98. The van der Waals surface area contributed by atoms with E-state index >= 15 is 0 Å². The van der Waals surface area contributed by atoms with E-state index in [0.29, 0.717) is 12.1 Å². The summed E-state index contributed by atoms with van der Waals surface area (Å²) >= 11 is 0. The lowest BCUT2D eigenvalue weighted by atomic mass is 10.2. The Kier molecular flexibility index (Phi) is 5.26. The highest BCUT2D eigenvalue weighted by atomic mass is 16.5. The molecule has 1 unspecified atom stereocenters. The minimum absolute atomic E-state index is 0.613. The first-order valence-corrected chi connectivity index (χ1v) is 7.30. The summed E-state index contributed by atoms with van der Waals surface area (Å²) < 4.78 is 5.67. The lowest BCUT2D eigenvalue weighted by molar-refractivity contribution is 0.114. The molecule has 2 aliphatic rings. The Morgan fingerprint density at radius 2 is 2.12 bits per heavy atom. The van der Waals surface area contributed by atoms with Gasteiger partial charge in [-0.2, -0.15) is 0 Å². The Bertz CT molecular complexity index is 216. The molecule has 1 aliphatic carbocycles. The average Bonchev–Trinajstić information content (AvgIpc) is 2.99. The number of rotatable bonds is 8. The molecule has 0 aromatic carbocycles. The van der Waals surface area contributed by atoms with E-state index in [1.165, 1.54) is 45.3 Å². The molecular formula is C14H28N2O. The van der Waals surface area contributed by atoms with Crippen LogP contribution in [0.2, 0.25) is 0 Å². The molecule has 0 spiro atoms. The van der Waals surface area contributed by atoms with E-state index in [1.54, 1.807) is 0 Å². The molecule has 100 valence electrons. The average molecular weight is 240 g/mol. The fourth-order valence-electron chi connectivity index (χ4n) is 2.57. The van der Waals surface area contributed by atoms with Gasteiger partial charge in [-0.1, -0.05) is 13.8 Å². The second kappa shape index (κ2) is 6.72. The van der Waals surface area contributed by atoms with Gasteiger partial charge < -0.3 is 15.0 Å². The van der Waals surface area contributed by atoms with E-state index < -0.39 is 0 Å². The van der Waals surface area contributed by atoms with Crippen LogP contribution in [0.4, 0.5) is 0 Å². The summed E-state index contributed by atoms with van der Waals surface area (Å²) in [5.41, 5.74) is 0. The predicted octanol–water partition coefficient (Wildman–Crippen LogP) is 1.88. The zero-order valence-electron chi connectivity index (χ0n) is 11.5. The fraction of sp³-hybridized carbons (Fsp3) is 1.00. The van der Waals surface area contributed by atoms with Crippen molar-refractivity contribution in [3.63, 3.8) is 0 Å². The van der Waals surface area contributed by atoms with E-state index in [2.05, 4.69) is 24.1 Å². The van der Waals surface area contributed by atoms with Gasteiger partial charge in [0.05, 0.1) is 0 Å². The smallest absolute Gasteiger partial charge is 0.0494 e. The van der Waals surface area contributed by atoms with Gasteiger partial charge in [-0.05, 0) is 38.1 Å². The van der Waals surface area contributed by atoms with Gasteiger partial charge in [0.15, 0.2) is 0 Å². The summed E-state index contributed by atoms with van der Waals surface area (Å²) in [6.07, 6.45) is 5.30. The molecule has 2 fully saturated rings. The van der Waals surface area contributed by atoms with Crippen LogP contribution in [0.15, 0.2) is 0 Å². The highest BCUT2D eigenvalue weighted by molar-refractivity contribution is 4.81. The molecule has 17 heavy (non-hydrogen) atoms. The molecule has 0 aromatic heterocycles. The zero-order chi connectivity index (χ0) is 12.1. The van der Waals surface area contributed by atoms with Crippen molar-refractivity contribution in [2.75, 3.05) is 32.8 Å². The van der Waals surface area contributed by atoms with Crippen LogP contribution >= 0.6 is 0 Å². The van der Waals surface area contributed by atoms with Gasteiger partial charge in [-0.3, -0.25) is 0 Å². The molecule has 1 atom stereocenters. The number of likely N-dealkylation sites (tertiary alicyclic amines) is 1. The Labute approximate surface area is 106 Å². The molecule has 1 heterocycles. The molecule has 1 saturated carbocycles. The number of ether oxygens (including phenoxy) is 1. The van der Waals surface area contributed by atoms with Gasteiger partial charge in [0.2, 0.25) is 0 Å². The van der Waals surface area contributed by atoms with Crippen LogP contribution in [0, 0.1) is 5.92 Å². The normalized spacial score (nSPS) is 25.9. The first-order chi connectivity index (χ1) is 8.24. The molecule has 0 bridgehead atoms. The van der Waals surface area contributed by atoms with Crippen molar-refractivity contribution in [3.8, 4) is 0 Å². The van der Waals surface area contributed by atoms with Crippen LogP contribution in [-0.2, 0) is 4.74 Å². The molecule has 3 heteroatoms. The van der Waals surface area contributed by atoms with Gasteiger partial charge in [0, 0.05) is 38.4 Å². The lowest BCUT2D eigenvalue weighted by Crippen LogP contribution is -2.37. The SMILES string of the molecule is CC(C)NC1CCN(CCCOCC2CC2)C1. The van der Waals surface area contributed by atoms with E-state index in [-0.39, 0.29) is 0 Å². The van der Waals surface area contributed by atoms with E-state index in [0.717, 1.165) is 19.1 Å². The Hall–Kier alpha value is -0.120. The topological polar surface area (TPSA) is 24.5 Å². The van der Waals surface area contributed by atoms with Crippen molar-refractivity contribution in [1.82, 2.24) is 10.2 Å². The summed E-state index contributed by atoms with van der Waals surface area (Å²) in [5, 5.41) is 3.62. The molecule has 2 rings (SSSR count). The maximum atomic E-state index is 5.67. The molecule has 1 aliphatic heterocycles. The Morgan fingerprint density at radius 1 is 1.29 bits per heavy atom. The van der Waals surface area contributed by atoms with Crippen molar-refractivity contribution >= 4 is 0 Å². The summed E-state index contributed by atoms with van der Waals surface area (Å²) in [6.45, 7) is 10.1. The number of nitrogens with zero attached hydrogens (tertiary/aromatic N) is 1. The Morgan fingerprint density at radius 3 is 2.82 bits per heavy atom. The van der Waals surface area contributed by atoms with Gasteiger partial charge in [-0.25, -0.2) is 0 Å². The third kappa shape index (κ3) is 5.36. The maximum absolute atomic E-state index is 5.67. The standard InChI is InChI=1S/C14H28N2O/c1-12(2)15-14-6-8-16(10-14)7-3-9-17-11-13-4-5-13/h12-15H,3-11H2,1-2H3. The van der Waals surface area contributed by atoms with Gasteiger partial charge >= 0.3 is 0 Å². The van der Waals surface area contributed by atoms with Crippen LogP contribution < -0.4 is 5.32 Å². The van der Waals surface area contributed by atoms with Crippen molar-refractivity contribution in [2.45, 2.75) is 51.6 Å². The van der Waals surface area contributed by atoms with Crippen molar-refractivity contribution in [3.05, 3.63) is 0 Å². The second-order valence-corrected chi connectivity index (χ2v) is 5.98. The van der Waals surface area contributed by atoms with E-state index in [1.807, 2.05) is 0 Å². The molecule has 0 aromatic rings. The first kappa shape index (κ1) is 13.3. The minimum Gasteiger partial charge on any atom is -0.381 e. The van der Waals surface area contributed by atoms with E-state index in [4.69, 9.17) is 4.74 Å². The number of hydrogen-bond donors (Lipinski definition) is 1. The number of hydrogen-bond acceptors (Lipinski definition) is 3. The molecule has 0 radical (unpaired) electrons. The van der Waals surface area contributed by atoms with Gasteiger partial charge in [-0.15, -0.1) is 0 Å². The monoisotopic (exact) mass is 240 g/mol. The summed E-state index contributed by atoms with van der Waals surface area (Å²) in [6, 6.07) is 1.32. The third-order valence-corrected chi connectivity index (χ3v) is 3.65. The minimum atomic E-state index is 0.613. The van der Waals surface area contributed by atoms with E-state index in [9.17, 15) is 0 Å². The third-order valence-electron chi connectivity index (χ3n) is 3.65. The summed E-state index contributed by atoms with van der Waals surface area (Å²) in [4.78, 5) is 2.57. The number of nitrogens with one attached hydrogen (secondary N) is 1. The van der Waals surface area contributed by atoms with Crippen LogP contribution in [0.1, 0.15) is 39.5 Å². The molecule has 1 saturated heterocycles. The van der Waals surface area contributed by atoms with Gasteiger partial charge in [0.25, 0.3) is 0 Å². The van der Waals surface area contributed by atoms with Crippen molar-refractivity contribution < 1.29 is 4.74 Å². The summed E-state index contributed by atoms with van der Waals surface area (Å²) in [7, 11) is 0. The van der Waals surface area contributed by atoms with Crippen LogP contribution in [0.5, 0.6) is 0 Å². The summed E-state index contributed by atoms with van der Waals surface area (Å²) in [5.74, 6) is 0.904. The zero-order valence-corrected chi connectivity index (χ0v) is 11.5. The van der Waals surface area contributed by atoms with Gasteiger partial charge in [0.1, 0.15) is 0 Å². The van der Waals surface area contributed by atoms with Crippen LogP contribution in [-0.4, -0.2) is 49.8 Å². The largest absolute Gasteiger partial charge is 0.381 e. The van der Waals surface area contributed by atoms with Crippen LogP contribution in [0.25, 0.3) is 0 Å². The quantitative estimate of drug-likeness (QED) is 0.656. The first-order valence-electron chi connectivity index (χ1n) is 7.30. The Balaban J connectivity index is 1.46.